The molecule has 1 saturated heterocycles. The maximum absolute atomic E-state index is 12.7. The number of aryl methyl sites for hydroxylation is 1. The molecule has 20 heavy (non-hydrogen) atoms. The molecule has 1 aliphatic heterocycles. The fraction of sp³-hybridized carbons (Fsp3) is 0.688. The molecule has 4 heteroatoms. The number of hydrogen-bond donors (Lipinski definition) is 1. The molecule has 1 aliphatic carbocycles. The smallest absolute Gasteiger partial charge is 0.241 e. The predicted molar refractivity (Wildman–Crippen MR) is 82.7 cm³/mol. The molecule has 4 unspecified atom stereocenters. The normalized spacial score (nSPS) is 33.0. The van der Waals surface area contributed by atoms with E-state index in [1.54, 1.807) is 0 Å². The van der Waals surface area contributed by atoms with E-state index in [2.05, 4.69) is 43.1 Å². The minimum atomic E-state index is 0.0190. The first-order valence-electron chi connectivity index (χ1n) is 7.80. The number of carbonyl (C=O) groups excluding carboxylic acids is 1. The molecular weight excluding hydrogens is 268 g/mol. The molecule has 0 radical (unpaired) electrons. The van der Waals surface area contributed by atoms with E-state index in [1.165, 1.54) is 22.6 Å². The van der Waals surface area contributed by atoms with Crippen LogP contribution in [0, 0.1) is 12.8 Å². The number of thiophene rings is 1. The van der Waals surface area contributed by atoms with Crippen molar-refractivity contribution in [2.45, 2.75) is 64.7 Å². The lowest BCUT2D eigenvalue weighted by atomic mass is 10.1. The molecule has 1 aromatic rings. The Kier molecular flexibility index (Phi) is 3.87. The van der Waals surface area contributed by atoms with Gasteiger partial charge in [0.15, 0.2) is 0 Å². The van der Waals surface area contributed by atoms with Crippen LogP contribution in [-0.4, -0.2) is 22.9 Å². The highest BCUT2D eigenvalue weighted by molar-refractivity contribution is 7.12. The van der Waals surface area contributed by atoms with Crippen LogP contribution >= 0.6 is 11.3 Å². The summed E-state index contributed by atoms with van der Waals surface area (Å²) < 4.78 is 0. The zero-order valence-electron chi connectivity index (χ0n) is 12.6. The van der Waals surface area contributed by atoms with E-state index in [0.29, 0.717) is 17.9 Å². The van der Waals surface area contributed by atoms with Gasteiger partial charge in [0.25, 0.3) is 0 Å². The third kappa shape index (κ3) is 2.40. The van der Waals surface area contributed by atoms with Gasteiger partial charge in [-0.3, -0.25) is 10.1 Å². The second-order valence-electron chi connectivity index (χ2n) is 6.08. The van der Waals surface area contributed by atoms with E-state index in [0.717, 1.165) is 12.8 Å². The van der Waals surface area contributed by atoms with Crippen molar-refractivity contribution in [2.24, 2.45) is 5.92 Å². The molecule has 0 aromatic carbocycles. The summed E-state index contributed by atoms with van der Waals surface area (Å²) in [6, 6.07) is 4.82. The van der Waals surface area contributed by atoms with E-state index in [-0.39, 0.29) is 12.2 Å². The number of carbonyl (C=O) groups is 1. The quantitative estimate of drug-likeness (QED) is 0.901. The fourth-order valence-corrected chi connectivity index (χ4v) is 4.27. The van der Waals surface area contributed by atoms with Gasteiger partial charge in [-0.1, -0.05) is 26.7 Å². The Morgan fingerprint density at radius 3 is 2.75 bits per heavy atom. The van der Waals surface area contributed by atoms with E-state index in [4.69, 9.17) is 0 Å². The average Bonchev–Trinajstić information content (AvgIpc) is 2.97. The van der Waals surface area contributed by atoms with Crippen molar-refractivity contribution in [3.63, 3.8) is 0 Å². The summed E-state index contributed by atoms with van der Waals surface area (Å²) in [6.07, 6.45) is 4.47. The van der Waals surface area contributed by atoms with Crippen LogP contribution in [0.1, 0.15) is 55.5 Å². The maximum atomic E-state index is 12.7. The Morgan fingerprint density at radius 2 is 2.20 bits per heavy atom. The number of rotatable bonds is 5. The van der Waals surface area contributed by atoms with Crippen molar-refractivity contribution in [1.29, 1.82) is 0 Å². The molecule has 0 spiro atoms. The lowest BCUT2D eigenvalue weighted by Gasteiger charge is -2.23. The third-order valence-electron chi connectivity index (χ3n) is 4.56. The molecule has 1 saturated carbocycles. The second kappa shape index (κ2) is 5.49. The van der Waals surface area contributed by atoms with Crippen molar-refractivity contribution >= 4 is 17.2 Å². The van der Waals surface area contributed by atoms with Gasteiger partial charge in [-0.25, -0.2) is 0 Å². The van der Waals surface area contributed by atoms with Gasteiger partial charge in [-0.15, -0.1) is 11.3 Å². The van der Waals surface area contributed by atoms with Crippen LogP contribution in [-0.2, 0) is 4.79 Å². The van der Waals surface area contributed by atoms with E-state index < -0.39 is 0 Å². The molecule has 2 fully saturated rings. The van der Waals surface area contributed by atoms with Crippen LogP contribution in [0.25, 0.3) is 0 Å². The topological polar surface area (TPSA) is 32.3 Å². The van der Waals surface area contributed by atoms with E-state index in [1.807, 2.05) is 11.3 Å². The van der Waals surface area contributed by atoms with Gasteiger partial charge in [-0.05, 0) is 37.8 Å². The molecule has 2 heterocycles. The first-order valence-corrected chi connectivity index (χ1v) is 8.61. The summed E-state index contributed by atoms with van der Waals surface area (Å²) in [7, 11) is 0. The van der Waals surface area contributed by atoms with Crippen LogP contribution < -0.4 is 5.32 Å². The Morgan fingerprint density at radius 1 is 1.40 bits per heavy atom. The zero-order valence-corrected chi connectivity index (χ0v) is 13.4. The van der Waals surface area contributed by atoms with Crippen LogP contribution in [0.3, 0.4) is 0 Å². The van der Waals surface area contributed by atoms with Crippen molar-refractivity contribution < 1.29 is 4.79 Å². The maximum Gasteiger partial charge on any atom is 0.241 e. The molecule has 1 amide bonds. The number of nitrogens with zero attached hydrogens (tertiary/aromatic N) is 1. The molecule has 2 aliphatic rings. The summed E-state index contributed by atoms with van der Waals surface area (Å²) in [4.78, 5) is 17.5. The molecule has 3 nitrogen and oxygen atoms in total. The Bertz CT molecular complexity index is 498. The average molecular weight is 292 g/mol. The number of nitrogens with one attached hydrogen (secondary N) is 1. The van der Waals surface area contributed by atoms with Crippen molar-refractivity contribution in [3.8, 4) is 0 Å². The van der Waals surface area contributed by atoms with Gasteiger partial charge in [-0.2, -0.15) is 0 Å². The molecule has 4 atom stereocenters. The minimum Gasteiger partial charge on any atom is -0.317 e. The summed E-state index contributed by atoms with van der Waals surface area (Å²) in [6.45, 7) is 6.51. The summed E-state index contributed by atoms with van der Waals surface area (Å²) in [5, 5.41) is 3.57. The van der Waals surface area contributed by atoms with E-state index >= 15 is 0 Å². The van der Waals surface area contributed by atoms with Crippen LogP contribution in [0.5, 0.6) is 0 Å². The first-order chi connectivity index (χ1) is 9.65. The largest absolute Gasteiger partial charge is 0.317 e. The molecular formula is C16H24N2OS. The van der Waals surface area contributed by atoms with Gasteiger partial charge in [0.05, 0.1) is 6.04 Å². The third-order valence-corrected chi connectivity index (χ3v) is 5.62. The molecule has 110 valence electrons. The van der Waals surface area contributed by atoms with Crippen molar-refractivity contribution in [2.75, 3.05) is 0 Å². The second-order valence-corrected chi connectivity index (χ2v) is 7.40. The summed E-state index contributed by atoms with van der Waals surface area (Å²) in [5.74, 6) is 1.04. The zero-order chi connectivity index (χ0) is 14.3. The monoisotopic (exact) mass is 292 g/mol. The standard InChI is InChI=1S/C16H24N2OS/c1-4-6-12-16(19)18(13-9-11(13)5-2)15(17-12)14-8-7-10(3)20-14/h7-8,11-13,15,17H,4-6,9H2,1-3H3. The minimum absolute atomic E-state index is 0.0190. The highest BCUT2D eigenvalue weighted by Gasteiger charge is 2.51. The number of amides is 1. The lowest BCUT2D eigenvalue weighted by molar-refractivity contribution is -0.131. The molecule has 1 aromatic heterocycles. The van der Waals surface area contributed by atoms with Gasteiger partial charge < -0.3 is 4.90 Å². The Balaban J connectivity index is 1.84. The Hall–Kier alpha value is -0.870. The predicted octanol–water partition coefficient (Wildman–Crippen LogP) is 3.45. The summed E-state index contributed by atoms with van der Waals surface area (Å²) in [5.41, 5.74) is 0. The summed E-state index contributed by atoms with van der Waals surface area (Å²) >= 11 is 1.81. The fourth-order valence-electron chi connectivity index (χ4n) is 3.33. The highest BCUT2D eigenvalue weighted by atomic mass is 32.1. The van der Waals surface area contributed by atoms with Crippen LogP contribution in [0.2, 0.25) is 0 Å². The van der Waals surface area contributed by atoms with Gasteiger partial charge in [0.1, 0.15) is 6.17 Å². The van der Waals surface area contributed by atoms with E-state index in [9.17, 15) is 4.79 Å². The first kappa shape index (κ1) is 14.1. The van der Waals surface area contributed by atoms with Gasteiger partial charge >= 0.3 is 0 Å². The molecule has 3 rings (SSSR count). The van der Waals surface area contributed by atoms with Crippen molar-refractivity contribution in [3.05, 3.63) is 21.9 Å². The molecule has 1 N–H and O–H groups in total. The van der Waals surface area contributed by atoms with Crippen LogP contribution in [0.4, 0.5) is 0 Å². The highest BCUT2D eigenvalue weighted by Crippen LogP contribution is 2.45. The van der Waals surface area contributed by atoms with Gasteiger partial charge in [0.2, 0.25) is 5.91 Å². The lowest BCUT2D eigenvalue weighted by Crippen LogP contribution is -2.33. The Labute approximate surface area is 125 Å². The molecule has 0 bridgehead atoms. The number of hydrogen-bond acceptors (Lipinski definition) is 3. The van der Waals surface area contributed by atoms with Gasteiger partial charge in [0, 0.05) is 15.8 Å². The SMILES string of the molecule is CCCC1NC(c2ccc(C)s2)N(C2CC2CC)C1=O. The van der Waals surface area contributed by atoms with Crippen LogP contribution in [0.15, 0.2) is 12.1 Å². The van der Waals surface area contributed by atoms with Crippen molar-refractivity contribution in [1.82, 2.24) is 10.2 Å².